The summed E-state index contributed by atoms with van der Waals surface area (Å²) in [6.45, 7) is 1.19. The third-order valence-corrected chi connectivity index (χ3v) is 3.50. The maximum atomic E-state index is 13.3. The van der Waals surface area contributed by atoms with Crippen LogP contribution in [0, 0.1) is 5.82 Å². The van der Waals surface area contributed by atoms with Gasteiger partial charge in [-0.05, 0) is 34.5 Å². The lowest BCUT2D eigenvalue weighted by atomic mass is 10.2. The van der Waals surface area contributed by atoms with Gasteiger partial charge < -0.3 is 10.6 Å². The molecule has 1 atom stereocenters. The summed E-state index contributed by atoms with van der Waals surface area (Å²) in [5, 5.41) is 0. The van der Waals surface area contributed by atoms with Crippen molar-refractivity contribution >= 4 is 21.8 Å². The number of likely N-dealkylation sites (tertiary alicyclic amines) is 1. The van der Waals surface area contributed by atoms with E-state index in [9.17, 15) is 9.18 Å². The van der Waals surface area contributed by atoms with E-state index in [1.807, 2.05) is 0 Å². The Morgan fingerprint density at radius 1 is 1.56 bits per heavy atom. The number of hydrogen-bond acceptors (Lipinski definition) is 2. The van der Waals surface area contributed by atoms with Gasteiger partial charge in [-0.1, -0.05) is 6.07 Å². The third-order valence-electron chi connectivity index (χ3n) is 2.69. The Morgan fingerprint density at radius 2 is 2.31 bits per heavy atom. The van der Waals surface area contributed by atoms with Gasteiger partial charge in [-0.15, -0.1) is 0 Å². The number of nitrogens with zero attached hydrogens (tertiary/aromatic N) is 1. The van der Waals surface area contributed by atoms with Crippen LogP contribution in [0.4, 0.5) is 4.39 Å². The van der Waals surface area contributed by atoms with E-state index in [-0.39, 0.29) is 16.4 Å². The molecule has 1 fully saturated rings. The van der Waals surface area contributed by atoms with Crippen molar-refractivity contribution < 1.29 is 9.18 Å². The Kier molecular flexibility index (Phi) is 3.25. The summed E-state index contributed by atoms with van der Waals surface area (Å²) in [7, 11) is 0. The summed E-state index contributed by atoms with van der Waals surface area (Å²) in [6, 6.07) is 4.50. The molecule has 16 heavy (non-hydrogen) atoms. The van der Waals surface area contributed by atoms with Gasteiger partial charge in [-0.3, -0.25) is 4.79 Å². The van der Waals surface area contributed by atoms with E-state index in [1.165, 1.54) is 12.1 Å². The Hall–Kier alpha value is -0.940. The highest BCUT2D eigenvalue weighted by Crippen LogP contribution is 2.23. The fraction of sp³-hybridized carbons (Fsp3) is 0.364. The van der Waals surface area contributed by atoms with Gasteiger partial charge in [-0.25, -0.2) is 4.39 Å². The summed E-state index contributed by atoms with van der Waals surface area (Å²) >= 11 is 3.09. The molecule has 1 aromatic rings. The zero-order valence-corrected chi connectivity index (χ0v) is 10.2. The summed E-state index contributed by atoms with van der Waals surface area (Å²) in [4.78, 5) is 13.7. The van der Waals surface area contributed by atoms with Crippen LogP contribution in [0.1, 0.15) is 16.8 Å². The second-order valence-corrected chi connectivity index (χ2v) is 4.69. The van der Waals surface area contributed by atoms with Gasteiger partial charge in [0.05, 0.1) is 10.0 Å². The fourth-order valence-corrected chi connectivity index (χ4v) is 2.25. The first-order valence-electron chi connectivity index (χ1n) is 5.08. The van der Waals surface area contributed by atoms with Crippen LogP contribution in [0.5, 0.6) is 0 Å². The molecule has 1 aliphatic heterocycles. The monoisotopic (exact) mass is 286 g/mol. The first kappa shape index (κ1) is 11.5. The van der Waals surface area contributed by atoms with E-state index >= 15 is 0 Å². The standard InChI is InChI=1S/C11H12BrFN2O/c12-10-8(2-1-3-9(10)13)11(16)15-5-4-7(14)6-15/h1-3,7H,4-6,14H2. The number of carbonyl (C=O) groups is 1. The summed E-state index contributed by atoms with van der Waals surface area (Å²) in [5.41, 5.74) is 6.08. The number of amides is 1. The molecule has 1 saturated heterocycles. The molecule has 2 N–H and O–H groups in total. The van der Waals surface area contributed by atoms with Gasteiger partial charge in [-0.2, -0.15) is 0 Å². The number of halogens is 2. The lowest BCUT2D eigenvalue weighted by Crippen LogP contribution is -2.32. The lowest BCUT2D eigenvalue weighted by Gasteiger charge is -2.16. The first-order chi connectivity index (χ1) is 7.59. The largest absolute Gasteiger partial charge is 0.337 e. The summed E-state index contributed by atoms with van der Waals surface area (Å²) in [6.07, 6.45) is 0.804. The molecule has 1 heterocycles. The second-order valence-electron chi connectivity index (χ2n) is 3.90. The van der Waals surface area contributed by atoms with Crippen LogP contribution in [0.2, 0.25) is 0 Å². The number of benzene rings is 1. The van der Waals surface area contributed by atoms with Crippen molar-refractivity contribution in [3.8, 4) is 0 Å². The predicted molar refractivity (Wildman–Crippen MR) is 62.6 cm³/mol. The van der Waals surface area contributed by atoms with Crippen molar-refractivity contribution in [2.24, 2.45) is 5.73 Å². The van der Waals surface area contributed by atoms with E-state index in [0.717, 1.165) is 6.42 Å². The Balaban J connectivity index is 2.24. The normalized spacial score (nSPS) is 20.2. The maximum Gasteiger partial charge on any atom is 0.255 e. The molecule has 5 heteroatoms. The highest BCUT2D eigenvalue weighted by Gasteiger charge is 2.26. The molecule has 86 valence electrons. The Bertz CT molecular complexity index is 424. The smallest absolute Gasteiger partial charge is 0.255 e. The average molecular weight is 287 g/mol. The molecule has 1 aliphatic rings. The van der Waals surface area contributed by atoms with E-state index in [1.54, 1.807) is 11.0 Å². The fourth-order valence-electron chi connectivity index (χ4n) is 1.81. The van der Waals surface area contributed by atoms with E-state index in [0.29, 0.717) is 18.7 Å². The van der Waals surface area contributed by atoms with Crippen LogP contribution in [0.25, 0.3) is 0 Å². The first-order valence-corrected chi connectivity index (χ1v) is 5.87. The molecule has 2 rings (SSSR count). The number of hydrogen-bond donors (Lipinski definition) is 1. The van der Waals surface area contributed by atoms with Gasteiger partial charge in [0.25, 0.3) is 5.91 Å². The molecule has 0 radical (unpaired) electrons. The maximum absolute atomic E-state index is 13.3. The molecule has 0 bridgehead atoms. The molecule has 1 aromatic carbocycles. The van der Waals surface area contributed by atoms with E-state index in [2.05, 4.69) is 15.9 Å². The quantitative estimate of drug-likeness (QED) is 0.855. The molecule has 0 saturated carbocycles. The molecule has 0 aliphatic carbocycles. The van der Waals surface area contributed by atoms with Crippen molar-refractivity contribution in [3.63, 3.8) is 0 Å². The van der Waals surface area contributed by atoms with Crippen molar-refractivity contribution in [1.82, 2.24) is 4.90 Å². The van der Waals surface area contributed by atoms with Gasteiger partial charge >= 0.3 is 0 Å². The third kappa shape index (κ3) is 2.10. The zero-order valence-electron chi connectivity index (χ0n) is 8.62. The van der Waals surface area contributed by atoms with Crippen molar-refractivity contribution in [2.45, 2.75) is 12.5 Å². The van der Waals surface area contributed by atoms with Crippen molar-refractivity contribution in [2.75, 3.05) is 13.1 Å². The zero-order chi connectivity index (χ0) is 11.7. The van der Waals surface area contributed by atoms with Crippen LogP contribution in [-0.4, -0.2) is 29.9 Å². The van der Waals surface area contributed by atoms with E-state index in [4.69, 9.17) is 5.73 Å². The van der Waals surface area contributed by atoms with Crippen LogP contribution >= 0.6 is 15.9 Å². The second kappa shape index (κ2) is 4.51. The van der Waals surface area contributed by atoms with Crippen molar-refractivity contribution in [3.05, 3.63) is 34.1 Å². The highest BCUT2D eigenvalue weighted by molar-refractivity contribution is 9.10. The highest BCUT2D eigenvalue weighted by atomic mass is 79.9. The predicted octanol–water partition coefficient (Wildman–Crippen LogP) is 1.76. The number of carbonyl (C=O) groups excluding carboxylic acids is 1. The molecular formula is C11H12BrFN2O. The van der Waals surface area contributed by atoms with Crippen LogP contribution < -0.4 is 5.73 Å². The Labute approximate surface area is 102 Å². The van der Waals surface area contributed by atoms with Crippen molar-refractivity contribution in [1.29, 1.82) is 0 Å². The van der Waals surface area contributed by atoms with Crippen LogP contribution in [0.3, 0.4) is 0 Å². The topological polar surface area (TPSA) is 46.3 Å². The number of rotatable bonds is 1. The van der Waals surface area contributed by atoms with Gasteiger partial charge in [0.1, 0.15) is 5.82 Å². The minimum Gasteiger partial charge on any atom is -0.337 e. The SMILES string of the molecule is NC1CCN(C(=O)c2cccc(F)c2Br)C1. The summed E-state index contributed by atoms with van der Waals surface area (Å²) in [5.74, 6) is -0.589. The molecule has 0 spiro atoms. The van der Waals surface area contributed by atoms with Crippen LogP contribution in [0.15, 0.2) is 22.7 Å². The number of nitrogens with two attached hydrogens (primary N) is 1. The minimum absolute atomic E-state index is 0.0382. The van der Waals surface area contributed by atoms with Crippen LogP contribution in [-0.2, 0) is 0 Å². The molecule has 1 amide bonds. The molecule has 1 unspecified atom stereocenters. The summed E-state index contributed by atoms with van der Waals surface area (Å²) < 4.78 is 13.5. The molecule has 3 nitrogen and oxygen atoms in total. The van der Waals surface area contributed by atoms with E-state index < -0.39 is 5.82 Å². The lowest BCUT2D eigenvalue weighted by molar-refractivity contribution is 0.0789. The molecule has 0 aromatic heterocycles. The minimum atomic E-state index is -0.422. The van der Waals surface area contributed by atoms with Gasteiger partial charge in [0.15, 0.2) is 0 Å². The van der Waals surface area contributed by atoms with Gasteiger partial charge in [0.2, 0.25) is 0 Å². The van der Waals surface area contributed by atoms with Gasteiger partial charge in [0, 0.05) is 19.1 Å². The average Bonchev–Trinajstić information content (AvgIpc) is 2.68. The molecular weight excluding hydrogens is 275 g/mol. The Morgan fingerprint density at radius 3 is 2.94 bits per heavy atom.